The van der Waals surface area contributed by atoms with Crippen molar-refractivity contribution in [3.8, 4) is 5.75 Å². The summed E-state index contributed by atoms with van der Waals surface area (Å²) in [4.78, 5) is 27.1. The van der Waals surface area contributed by atoms with Crippen LogP contribution in [-0.4, -0.2) is 47.1 Å². The van der Waals surface area contributed by atoms with Gasteiger partial charge in [-0.2, -0.15) is 5.10 Å². The van der Waals surface area contributed by atoms with E-state index in [-0.39, 0.29) is 17.7 Å². The fourth-order valence-corrected chi connectivity index (χ4v) is 4.19. The molecule has 9 heteroatoms. The van der Waals surface area contributed by atoms with E-state index in [0.29, 0.717) is 48.2 Å². The zero-order valence-electron chi connectivity index (χ0n) is 18.2. The van der Waals surface area contributed by atoms with Crippen LogP contribution in [0.4, 0.5) is 0 Å². The summed E-state index contributed by atoms with van der Waals surface area (Å²) < 4.78 is 16.4. The summed E-state index contributed by atoms with van der Waals surface area (Å²) in [5.41, 5.74) is 1.82. The molecule has 0 bridgehead atoms. The Labute approximate surface area is 189 Å². The molecule has 1 saturated heterocycles. The Morgan fingerprint density at radius 3 is 2.82 bits per heavy atom. The molecule has 0 radical (unpaired) electrons. The second-order valence-corrected chi connectivity index (χ2v) is 8.03. The van der Waals surface area contributed by atoms with Gasteiger partial charge < -0.3 is 23.8 Å². The number of nitrogens with one attached hydrogen (secondary N) is 2. The quantitative estimate of drug-likeness (QED) is 0.465. The van der Waals surface area contributed by atoms with Gasteiger partial charge in [-0.3, -0.25) is 14.7 Å². The molecule has 0 saturated carbocycles. The Balaban J connectivity index is 1.19. The van der Waals surface area contributed by atoms with E-state index >= 15 is 0 Å². The highest BCUT2D eigenvalue weighted by atomic mass is 16.5. The van der Waals surface area contributed by atoms with Crippen LogP contribution in [0, 0.1) is 0 Å². The van der Waals surface area contributed by atoms with Gasteiger partial charge in [-0.25, -0.2) is 0 Å². The summed E-state index contributed by atoms with van der Waals surface area (Å²) in [6.45, 7) is 1.50. The second-order valence-electron chi connectivity index (χ2n) is 8.03. The number of H-pyrrole nitrogens is 1. The normalized spacial score (nSPS) is 14.5. The lowest BCUT2D eigenvalue weighted by atomic mass is 9.93. The first-order chi connectivity index (χ1) is 16.1. The number of carbonyl (C=O) groups excluding carboxylic acids is 2. The molecule has 1 aromatic carbocycles. The maximum Gasteiger partial charge on any atom is 0.289 e. The number of fused-ring (bicyclic) bond motifs is 1. The molecule has 2 amide bonds. The number of methoxy groups -OCH3 is 1. The first kappa shape index (κ1) is 20.9. The van der Waals surface area contributed by atoms with E-state index in [1.165, 1.54) is 0 Å². The molecule has 5 rings (SSSR count). The molecular weight excluding hydrogens is 424 g/mol. The van der Waals surface area contributed by atoms with Crippen molar-refractivity contribution in [1.82, 2.24) is 20.4 Å². The first-order valence-electron chi connectivity index (χ1n) is 10.8. The Kier molecular flexibility index (Phi) is 5.60. The topological polar surface area (TPSA) is 114 Å². The minimum absolute atomic E-state index is 0.130. The van der Waals surface area contributed by atoms with Crippen molar-refractivity contribution in [2.45, 2.75) is 25.3 Å². The van der Waals surface area contributed by atoms with Crippen LogP contribution in [0.1, 0.15) is 51.3 Å². The van der Waals surface area contributed by atoms with E-state index in [2.05, 4.69) is 15.5 Å². The number of amides is 2. The number of aromatic amines is 1. The van der Waals surface area contributed by atoms with Gasteiger partial charge in [0.2, 0.25) is 0 Å². The van der Waals surface area contributed by atoms with Crippen LogP contribution in [0.15, 0.2) is 57.6 Å². The van der Waals surface area contributed by atoms with Gasteiger partial charge in [0.25, 0.3) is 11.8 Å². The van der Waals surface area contributed by atoms with Gasteiger partial charge in [-0.1, -0.05) is 12.1 Å². The summed E-state index contributed by atoms with van der Waals surface area (Å²) in [5.74, 6) is 1.40. The summed E-state index contributed by atoms with van der Waals surface area (Å²) in [7, 11) is 1.58. The average Bonchev–Trinajstić information content (AvgIpc) is 3.62. The molecule has 0 spiro atoms. The van der Waals surface area contributed by atoms with Crippen molar-refractivity contribution in [2.24, 2.45) is 0 Å². The number of para-hydroxylation sites is 1. The zero-order chi connectivity index (χ0) is 22.8. The minimum Gasteiger partial charge on any atom is -0.493 e. The standard InChI is InChI=1S/C24H24N4O5/c1-31-20-6-2-4-16-12-21(33-22(16)20)24(30)28-9-7-15(8-10-28)18-13-19(27-26-18)23(29)25-14-17-5-3-11-32-17/h2-6,11-13,15H,7-10,14H2,1H3,(H,25,29)(H,26,27). The number of nitrogens with zero attached hydrogens (tertiary/aromatic N) is 2. The lowest BCUT2D eigenvalue weighted by Crippen LogP contribution is -2.37. The highest BCUT2D eigenvalue weighted by molar-refractivity contribution is 5.97. The highest BCUT2D eigenvalue weighted by Crippen LogP contribution is 2.31. The number of carbonyl (C=O) groups is 2. The zero-order valence-corrected chi connectivity index (χ0v) is 18.2. The van der Waals surface area contributed by atoms with Crippen molar-refractivity contribution in [2.75, 3.05) is 20.2 Å². The SMILES string of the molecule is COc1cccc2cc(C(=O)N3CCC(c4cc(C(=O)NCc5ccco5)n[nH]4)CC3)oc12. The van der Waals surface area contributed by atoms with Crippen LogP contribution in [0.25, 0.3) is 11.0 Å². The summed E-state index contributed by atoms with van der Waals surface area (Å²) >= 11 is 0. The van der Waals surface area contributed by atoms with Crippen LogP contribution in [0.5, 0.6) is 5.75 Å². The Hall–Kier alpha value is -4.01. The van der Waals surface area contributed by atoms with Crippen LogP contribution < -0.4 is 10.1 Å². The molecule has 4 heterocycles. The predicted molar refractivity (Wildman–Crippen MR) is 119 cm³/mol. The second kappa shape index (κ2) is 8.85. The molecule has 0 atom stereocenters. The maximum atomic E-state index is 13.0. The van der Waals surface area contributed by atoms with Gasteiger partial charge in [-0.15, -0.1) is 0 Å². The first-order valence-corrected chi connectivity index (χ1v) is 10.8. The number of piperidine rings is 1. The molecule has 170 valence electrons. The number of hydrogen-bond acceptors (Lipinski definition) is 6. The molecule has 0 aliphatic carbocycles. The van der Waals surface area contributed by atoms with Gasteiger partial charge in [0, 0.05) is 30.1 Å². The Morgan fingerprint density at radius 2 is 2.06 bits per heavy atom. The third-order valence-electron chi connectivity index (χ3n) is 5.99. The molecular formula is C24H24N4O5. The Morgan fingerprint density at radius 1 is 1.21 bits per heavy atom. The smallest absolute Gasteiger partial charge is 0.289 e. The third kappa shape index (κ3) is 4.21. The van der Waals surface area contributed by atoms with Gasteiger partial charge >= 0.3 is 0 Å². The lowest BCUT2D eigenvalue weighted by molar-refractivity contribution is 0.0682. The maximum absolute atomic E-state index is 13.0. The molecule has 3 aromatic heterocycles. The van der Waals surface area contributed by atoms with Crippen LogP contribution >= 0.6 is 0 Å². The van der Waals surface area contributed by atoms with Crippen LogP contribution in [0.2, 0.25) is 0 Å². The van der Waals surface area contributed by atoms with E-state index in [1.54, 1.807) is 42.5 Å². The molecule has 1 fully saturated rings. The summed E-state index contributed by atoms with van der Waals surface area (Å²) in [6, 6.07) is 12.7. The number of hydrogen-bond donors (Lipinski definition) is 2. The van der Waals surface area contributed by atoms with Crippen LogP contribution in [-0.2, 0) is 6.54 Å². The van der Waals surface area contributed by atoms with E-state index in [1.807, 2.05) is 18.2 Å². The van der Waals surface area contributed by atoms with Crippen molar-refractivity contribution in [1.29, 1.82) is 0 Å². The van der Waals surface area contributed by atoms with E-state index in [4.69, 9.17) is 13.6 Å². The van der Waals surface area contributed by atoms with Crippen LogP contribution in [0.3, 0.4) is 0 Å². The number of benzene rings is 1. The fraction of sp³-hybridized carbons (Fsp3) is 0.292. The minimum atomic E-state index is -0.262. The lowest BCUT2D eigenvalue weighted by Gasteiger charge is -2.30. The average molecular weight is 448 g/mol. The number of furan rings is 2. The molecule has 2 N–H and O–H groups in total. The molecule has 1 aliphatic rings. The van der Waals surface area contributed by atoms with Gasteiger partial charge in [0.05, 0.1) is 19.9 Å². The largest absolute Gasteiger partial charge is 0.493 e. The van der Waals surface area contributed by atoms with E-state index < -0.39 is 0 Å². The Bertz CT molecular complexity index is 1270. The highest BCUT2D eigenvalue weighted by Gasteiger charge is 2.28. The molecule has 4 aromatic rings. The molecule has 0 unspecified atom stereocenters. The molecule has 1 aliphatic heterocycles. The number of likely N-dealkylation sites (tertiary alicyclic amines) is 1. The fourth-order valence-electron chi connectivity index (χ4n) is 4.19. The van der Waals surface area contributed by atoms with Crippen molar-refractivity contribution in [3.05, 3.63) is 71.6 Å². The van der Waals surface area contributed by atoms with Crippen molar-refractivity contribution in [3.63, 3.8) is 0 Å². The summed E-state index contributed by atoms with van der Waals surface area (Å²) in [6.07, 6.45) is 3.10. The summed E-state index contributed by atoms with van der Waals surface area (Å²) in [5, 5.41) is 10.8. The third-order valence-corrected chi connectivity index (χ3v) is 5.99. The van der Waals surface area contributed by atoms with Gasteiger partial charge in [0.15, 0.2) is 17.1 Å². The predicted octanol–water partition coefficient (Wildman–Crippen LogP) is 3.71. The van der Waals surface area contributed by atoms with E-state index in [0.717, 1.165) is 23.9 Å². The van der Waals surface area contributed by atoms with E-state index in [9.17, 15) is 9.59 Å². The number of ether oxygens (including phenoxy) is 1. The monoisotopic (exact) mass is 448 g/mol. The van der Waals surface area contributed by atoms with Gasteiger partial charge in [-0.05, 0) is 43.2 Å². The molecule has 33 heavy (non-hydrogen) atoms. The van der Waals surface area contributed by atoms with Crippen molar-refractivity contribution >= 4 is 22.8 Å². The molecule has 9 nitrogen and oxygen atoms in total. The van der Waals surface area contributed by atoms with Crippen molar-refractivity contribution < 1.29 is 23.2 Å². The number of aromatic nitrogens is 2. The van der Waals surface area contributed by atoms with Gasteiger partial charge in [0.1, 0.15) is 11.5 Å². The number of rotatable bonds is 6.